The summed E-state index contributed by atoms with van der Waals surface area (Å²) < 4.78 is 47.7. The molecule has 6 nitrogen and oxygen atoms in total. The SMILES string of the molecule is Cc1onc(-c2ccccc2)c1-c1csc(C2CCN(C(=O)Cc3ccccc3OC(F)(F)F)CC2)n1. The number of aryl methyl sites for hydroxylation is 1. The van der Waals surface area contributed by atoms with Crippen LogP contribution in [0.5, 0.6) is 5.75 Å². The van der Waals surface area contributed by atoms with Crippen LogP contribution in [-0.4, -0.2) is 40.4 Å². The van der Waals surface area contributed by atoms with E-state index in [0.717, 1.165) is 40.4 Å². The Morgan fingerprint density at radius 2 is 1.81 bits per heavy atom. The lowest BCUT2D eigenvalue weighted by Crippen LogP contribution is -2.38. The van der Waals surface area contributed by atoms with E-state index in [2.05, 4.69) is 9.89 Å². The molecular formula is C27H24F3N3O3S. The zero-order valence-electron chi connectivity index (χ0n) is 20.0. The van der Waals surface area contributed by atoms with Gasteiger partial charge in [0.05, 0.1) is 22.7 Å². The minimum atomic E-state index is -4.81. The van der Waals surface area contributed by atoms with E-state index in [-0.39, 0.29) is 29.6 Å². The number of para-hydroxylation sites is 1. The Hall–Kier alpha value is -3.66. The Morgan fingerprint density at radius 3 is 2.54 bits per heavy atom. The number of rotatable bonds is 6. The highest BCUT2D eigenvalue weighted by Crippen LogP contribution is 2.38. The third-order valence-electron chi connectivity index (χ3n) is 6.42. The van der Waals surface area contributed by atoms with Crippen LogP contribution in [0.4, 0.5) is 13.2 Å². The van der Waals surface area contributed by atoms with Gasteiger partial charge in [0.25, 0.3) is 0 Å². The van der Waals surface area contributed by atoms with Gasteiger partial charge in [0.15, 0.2) is 0 Å². The minimum Gasteiger partial charge on any atom is -0.405 e. The van der Waals surface area contributed by atoms with E-state index >= 15 is 0 Å². The number of carbonyl (C=O) groups excluding carboxylic acids is 1. The number of halogens is 3. The molecule has 192 valence electrons. The third-order valence-corrected chi connectivity index (χ3v) is 7.43. The van der Waals surface area contributed by atoms with Crippen molar-refractivity contribution in [2.75, 3.05) is 13.1 Å². The number of nitrogens with zero attached hydrogens (tertiary/aromatic N) is 3. The molecule has 1 amide bonds. The number of aromatic nitrogens is 2. The molecule has 2 aromatic carbocycles. The molecule has 0 N–H and O–H groups in total. The average Bonchev–Trinajstić information content (AvgIpc) is 3.51. The standard InChI is InChI=1S/C27H24F3N3O3S/c1-17-24(25(32-36-17)18-7-3-2-4-8-18)21-16-37-26(31-21)19-11-13-33(14-12-19)23(34)15-20-9-5-6-10-22(20)35-27(28,29)30/h2-10,16,19H,11-15H2,1H3. The van der Waals surface area contributed by atoms with Crippen molar-refractivity contribution in [2.45, 2.75) is 38.5 Å². The molecule has 0 atom stereocenters. The van der Waals surface area contributed by atoms with Gasteiger partial charge >= 0.3 is 6.36 Å². The topological polar surface area (TPSA) is 68.5 Å². The van der Waals surface area contributed by atoms with E-state index in [1.54, 1.807) is 22.3 Å². The van der Waals surface area contributed by atoms with E-state index in [4.69, 9.17) is 9.51 Å². The van der Waals surface area contributed by atoms with Gasteiger partial charge in [-0.3, -0.25) is 4.79 Å². The highest BCUT2D eigenvalue weighted by molar-refractivity contribution is 7.10. The summed E-state index contributed by atoms with van der Waals surface area (Å²) in [7, 11) is 0. The molecule has 4 aromatic rings. The zero-order chi connectivity index (χ0) is 26.0. The van der Waals surface area contributed by atoms with E-state index in [1.807, 2.05) is 42.6 Å². The van der Waals surface area contributed by atoms with Crippen LogP contribution in [-0.2, 0) is 11.2 Å². The van der Waals surface area contributed by atoms with Crippen molar-refractivity contribution in [3.8, 4) is 28.3 Å². The van der Waals surface area contributed by atoms with Gasteiger partial charge in [-0.05, 0) is 25.8 Å². The summed E-state index contributed by atoms with van der Waals surface area (Å²) >= 11 is 1.58. The molecular weight excluding hydrogens is 503 g/mol. The van der Waals surface area contributed by atoms with Crippen molar-refractivity contribution in [2.24, 2.45) is 0 Å². The second kappa shape index (κ2) is 10.4. The number of alkyl halides is 3. The molecule has 0 aliphatic carbocycles. The molecule has 0 bridgehead atoms. The van der Waals surface area contributed by atoms with Gasteiger partial charge in [0.1, 0.15) is 17.2 Å². The lowest BCUT2D eigenvalue weighted by atomic mass is 9.96. The Bertz CT molecular complexity index is 1380. The molecule has 0 unspecified atom stereocenters. The average molecular weight is 528 g/mol. The number of amides is 1. The maximum atomic E-state index is 12.9. The molecule has 1 aliphatic rings. The van der Waals surface area contributed by atoms with Crippen molar-refractivity contribution in [1.29, 1.82) is 0 Å². The van der Waals surface area contributed by atoms with Crippen LogP contribution in [0.3, 0.4) is 0 Å². The van der Waals surface area contributed by atoms with Crippen molar-refractivity contribution in [3.63, 3.8) is 0 Å². The molecule has 3 heterocycles. The number of hydrogen-bond donors (Lipinski definition) is 0. The van der Waals surface area contributed by atoms with Crippen LogP contribution in [0.1, 0.15) is 35.1 Å². The normalized spacial score (nSPS) is 14.6. The van der Waals surface area contributed by atoms with Gasteiger partial charge in [-0.1, -0.05) is 53.7 Å². The molecule has 1 aliphatic heterocycles. The van der Waals surface area contributed by atoms with Crippen LogP contribution < -0.4 is 4.74 Å². The summed E-state index contributed by atoms with van der Waals surface area (Å²) in [6.45, 7) is 2.90. The lowest BCUT2D eigenvalue weighted by Gasteiger charge is -2.31. The second-order valence-electron chi connectivity index (χ2n) is 8.89. The fourth-order valence-electron chi connectivity index (χ4n) is 4.58. The van der Waals surface area contributed by atoms with Crippen LogP contribution in [0.2, 0.25) is 0 Å². The molecule has 1 fully saturated rings. The van der Waals surface area contributed by atoms with E-state index < -0.39 is 6.36 Å². The first-order chi connectivity index (χ1) is 17.8. The fourth-order valence-corrected chi connectivity index (χ4v) is 5.56. The van der Waals surface area contributed by atoms with Crippen LogP contribution in [0.25, 0.3) is 22.5 Å². The number of ether oxygens (including phenoxy) is 1. The smallest absolute Gasteiger partial charge is 0.405 e. The molecule has 0 spiro atoms. The molecule has 2 aromatic heterocycles. The Labute approximate surface area is 215 Å². The maximum absolute atomic E-state index is 12.9. The predicted molar refractivity (Wildman–Crippen MR) is 133 cm³/mol. The van der Waals surface area contributed by atoms with Gasteiger partial charge in [0.2, 0.25) is 5.91 Å². The highest BCUT2D eigenvalue weighted by atomic mass is 32.1. The lowest BCUT2D eigenvalue weighted by molar-refractivity contribution is -0.274. The number of thiazole rings is 1. The number of piperidine rings is 1. The van der Waals surface area contributed by atoms with Crippen molar-refractivity contribution >= 4 is 17.2 Å². The quantitative estimate of drug-likeness (QED) is 0.282. The van der Waals surface area contributed by atoms with Gasteiger partial charge < -0.3 is 14.2 Å². The summed E-state index contributed by atoms with van der Waals surface area (Å²) in [5.41, 5.74) is 3.62. The number of likely N-dealkylation sites (tertiary alicyclic amines) is 1. The fraction of sp³-hybridized carbons (Fsp3) is 0.296. The number of hydrogen-bond acceptors (Lipinski definition) is 6. The summed E-state index contributed by atoms with van der Waals surface area (Å²) in [5.74, 6) is 0.339. The van der Waals surface area contributed by atoms with Gasteiger partial charge in [0, 0.05) is 35.5 Å². The monoisotopic (exact) mass is 527 g/mol. The van der Waals surface area contributed by atoms with Crippen LogP contribution >= 0.6 is 11.3 Å². The zero-order valence-corrected chi connectivity index (χ0v) is 20.8. The predicted octanol–water partition coefficient (Wildman–Crippen LogP) is 6.62. The Balaban J connectivity index is 1.24. The van der Waals surface area contributed by atoms with Crippen LogP contribution in [0.15, 0.2) is 64.5 Å². The van der Waals surface area contributed by atoms with Crippen molar-refractivity contribution in [3.05, 3.63) is 76.3 Å². The molecule has 37 heavy (non-hydrogen) atoms. The maximum Gasteiger partial charge on any atom is 0.573 e. The summed E-state index contributed by atoms with van der Waals surface area (Å²) in [6.07, 6.45) is -3.49. The first-order valence-electron chi connectivity index (χ1n) is 11.9. The number of benzene rings is 2. The molecule has 5 rings (SSSR count). The molecule has 0 saturated carbocycles. The van der Waals surface area contributed by atoms with Crippen molar-refractivity contribution in [1.82, 2.24) is 15.0 Å². The summed E-state index contributed by atoms with van der Waals surface area (Å²) in [6, 6.07) is 15.6. The molecule has 10 heteroatoms. The van der Waals surface area contributed by atoms with Gasteiger partial charge in [-0.15, -0.1) is 24.5 Å². The first kappa shape index (κ1) is 25.0. The first-order valence-corrected chi connectivity index (χ1v) is 12.8. The van der Waals surface area contributed by atoms with Crippen molar-refractivity contribution < 1.29 is 27.2 Å². The largest absolute Gasteiger partial charge is 0.573 e. The van der Waals surface area contributed by atoms with E-state index in [1.165, 1.54) is 18.2 Å². The Morgan fingerprint density at radius 1 is 1.11 bits per heavy atom. The molecule has 0 radical (unpaired) electrons. The van der Waals surface area contributed by atoms with Gasteiger partial charge in [-0.25, -0.2) is 4.98 Å². The highest BCUT2D eigenvalue weighted by Gasteiger charge is 2.33. The second-order valence-corrected chi connectivity index (χ2v) is 9.78. The van der Waals surface area contributed by atoms with Crippen LogP contribution in [0, 0.1) is 6.92 Å². The van der Waals surface area contributed by atoms with E-state index in [0.29, 0.717) is 18.8 Å². The van der Waals surface area contributed by atoms with Gasteiger partial charge in [-0.2, -0.15) is 0 Å². The summed E-state index contributed by atoms with van der Waals surface area (Å²) in [5, 5.41) is 7.25. The molecule has 1 saturated heterocycles. The summed E-state index contributed by atoms with van der Waals surface area (Å²) in [4.78, 5) is 19.5. The number of carbonyl (C=O) groups is 1. The van der Waals surface area contributed by atoms with E-state index in [9.17, 15) is 18.0 Å². The minimum absolute atomic E-state index is 0.145. The third kappa shape index (κ3) is 5.69. The Kier molecular flexibility index (Phi) is 7.01.